The lowest BCUT2D eigenvalue weighted by molar-refractivity contribution is 0.0947. The number of hydrogen-bond acceptors (Lipinski definition) is 4. The molecule has 1 N–H and O–H groups in total. The minimum Gasteiger partial charge on any atom is -0.346 e. The maximum absolute atomic E-state index is 12.5. The number of thioether (sulfide) groups is 1. The van der Waals surface area contributed by atoms with Gasteiger partial charge in [-0.2, -0.15) is 5.10 Å². The molecule has 2 aromatic heterocycles. The second-order valence-electron chi connectivity index (χ2n) is 5.47. The fourth-order valence-electron chi connectivity index (χ4n) is 2.57. The van der Waals surface area contributed by atoms with Crippen molar-refractivity contribution in [2.75, 3.05) is 5.75 Å². The first-order valence-corrected chi connectivity index (χ1v) is 9.12. The molecule has 1 amide bonds. The van der Waals surface area contributed by atoms with Crippen LogP contribution in [-0.4, -0.2) is 26.4 Å². The molecular weight excluding hydrogens is 332 g/mol. The molecule has 0 bridgehead atoms. The van der Waals surface area contributed by atoms with Gasteiger partial charge in [-0.1, -0.05) is 25.1 Å². The van der Waals surface area contributed by atoms with Crippen LogP contribution in [0.1, 0.15) is 23.0 Å². The molecule has 0 unspecified atom stereocenters. The largest absolute Gasteiger partial charge is 0.346 e. The van der Waals surface area contributed by atoms with Crippen LogP contribution in [0.5, 0.6) is 0 Å². The highest BCUT2D eigenvalue weighted by Crippen LogP contribution is 2.22. The first kappa shape index (κ1) is 17.2. The van der Waals surface area contributed by atoms with Crippen LogP contribution in [0.2, 0.25) is 0 Å². The van der Waals surface area contributed by atoms with Gasteiger partial charge in [0.25, 0.3) is 5.91 Å². The van der Waals surface area contributed by atoms with Crippen molar-refractivity contribution in [3.8, 4) is 11.4 Å². The highest BCUT2D eigenvalue weighted by molar-refractivity contribution is 7.99. The summed E-state index contributed by atoms with van der Waals surface area (Å²) < 4.78 is 1.78. The summed E-state index contributed by atoms with van der Waals surface area (Å²) in [6.07, 6.45) is 1.76. The molecule has 0 saturated carbocycles. The van der Waals surface area contributed by atoms with Crippen LogP contribution in [0.25, 0.3) is 11.4 Å². The molecule has 0 aliphatic heterocycles. The lowest BCUT2D eigenvalue weighted by atomic mass is 10.2. The van der Waals surface area contributed by atoms with E-state index >= 15 is 0 Å². The smallest absolute Gasteiger partial charge is 0.252 e. The number of nitrogens with zero attached hydrogens (tertiary/aromatic N) is 3. The van der Waals surface area contributed by atoms with Gasteiger partial charge in [-0.05, 0) is 36.1 Å². The average molecular weight is 352 g/mol. The Morgan fingerprint density at radius 2 is 2.00 bits per heavy atom. The summed E-state index contributed by atoms with van der Waals surface area (Å²) in [7, 11) is 1.88. The van der Waals surface area contributed by atoms with Crippen molar-refractivity contribution in [3.63, 3.8) is 0 Å². The molecule has 0 atom stereocenters. The molecule has 5 nitrogen and oxygen atoms in total. The molecule has 6 heteroatoms. The maximum atomic E-state index is 12.5. The highest BCUT2D eigenvalue weighted by atomic mass is 32.2. The Morgan fingerprint density at radius 1 is 1.20 bits per heavy atom. The van der Waals surface area contributed by atoms with Gasteiger partial charge in [0.05, 0.1) is 29.2 Å². The second-order valence-corrected chi connectivity index (χ2v) is 6.78. The number of pyridine rings is 1. The molecule has 0 aliphatic rings. The predicted molar refractivity (Wildman–Crippen MR) is 100 cm³/mol. The molecule has 3 rings (SSSR count). The number of benzene rings is 1. The van der Waals surface area contributed by atoms with Gasteiger partial charge in [0.2, 0.25) is 0 Å². The van der Waals surface area contributed by atoms with Crippen LogP contribution in [0.3, 0.4) is 0 Å². The Labute approximate surface area is 151 Å². The van der Waals surface area contributed by atoms with E-state index in [0.717, 1.165) is 27.7 Å². The third-order valence-electron chi connectivity index (χ3n) is 3.72. The van der Waals surface area contributed by atoms with E-state index in [4.69, 9.17) is 0 Å². The average Bonchev–Trinajstić information content (AvgIpc) is 3.02. The van der Waals surface area contributed by atoms with Gasteiger partial charge in [-0.25, -0.2) is 0 Å². The normalized spacial score (nSPS) is 10.6. The lowest BCUT2D eigenvalue weighted by Gasteiger charge is -2.08. The number of carbonyl (C=O) groups is 1. The Balaban J connectivity index is 1.71. The zero-order chi connectivity index (χ0) is 17.6. The van der Waals surface area contributed by atoms with E-state index in [0.29, 0.717) is 12.1 Å². The van der Waals surface area contributed by atoms with E-state index < -0.39 is 0 Å². The fourth-order valence-corrected chi connectivity index (χ4v) is 3.37. The van der Waals surface area contributed by atoms with E-state index in [1.807, 2.05) is 55.6 Å². The van der Waals surface area contributed by atoms with Crippen LogP contribution in [0.4, 0.5) is 0 Å². The number of nitrogens with one attached hydrogen (secondary N) is 1. The number of hydrogen-bond donors (Lipinski definition) is 1. The number of rotatable bonds is 6. The molecular formula is C19H20N4OS. The highest BCUT2D eigenvalue weighted by Gasteiger charge is 2.13. The van der Waals surface area contributed by atoms with Crippen LogP contribution in [0.15, 0.2) is 59.6 Å². The lowest BCUT2D eigenvalue weighted by Crippen LogP contribution is -2.23. The van der Waals surface area contributed by atoms with Gasteiger partial charge in [0.1, 0.15) is 0 Å². The van der Waals surface area contributed by atoms with Crippen LogP contribution < -0.4 is 5.32 Å². The minimum absolute atomic E-state index is 0.0819. The summed E-state index contributed by atoms with van der Waals surface area (Å²) in [5.41, 5.74) is 3.29. The molecule has 0 spiro atoms. The van der Waals surface area contributed by atoms with Crippen molar-refractivity contribution >= 4 is 17.7 Å². The Bertz CT molecular complexity index is 861. The van der Waals surface area contributed by atoms with E-state index in [1.165, 1.54) is 0 Å². The van der Waals surface area contributed by atoms with Gasteiger partial charge in [-0.3, -0.25) is 14.5 Å². The zero-order valence-electron chi connectivity index (χ0n) is 14.3. The summed E-state index contributed by atoms with van der Waals surface area (Å²) >= 11 is 1.67. The summed E-state index contributed by atoms with van der Waals surface area (Å²) in [6, 6.07) is 15.4. The minimum atomic E-state index is -0.0819. The van der Waals surface area contributed by atoms with Gasteiger partial charge >= 0.3 is 0 Å². The van der Waals surface area contributed by atoms with Gasteiger partial charge in [-0.15, -0.1) is 11.8 Å². The summed E-state index contributed by atoms with van der Waals surface area (Å²) in [5, 5.41) is 7.43. The third kappa shape index (κ3) is 4.09. The predicted octanol–water partition coefficient (Wildman–Crippen LogP) is 3.52. The number of aryl methyl sites for hydroxylation is 1. The van der Waals surface area contributed by atoms with Gasteiger partial charge in [0.15, 0.2) is 0 Å². The van der Waals surface area contributed by atoms with Crippen LogP contribution in [0, 0.1) is 0 Å². The molecule has 0 aliphatic carbocycles. The van der Waals surface area contributed by atoms with Crippen molar-refractivity contribution in [1.82, 2.24) is 20.1 Å². The first-order chi connectivity index (χ1) is 12.2. The molecule has 25 heavy (non-hydrogen) atoms. The van der Waals surface area contributed by atoms with Crippen molar-refractivity contribution < 1.29 is 4.79 Å². The standard InChI is InChI=1S/C19H20N4OS/c1-3-25-18-10-5-4-8-15(18)19(24)21-13-14-12-17(23(2)22-14)16-9-6-7-11-20-16/h4-12H,3,13H2,1-2H3,(H,21,24). The molecule has 0 saturated heterocycles. The number of carbonyl (C=O) groups excluding carboxylic acids is 1. The molecule has 0 fully saturated rings. The summed E-state index contributed by atoms with van der Waals surface area (Å²) in [5.74, 6) is 0.847. The van der Waals surface area contributed by atoms with Gasteiger partial charge in [0, 0.05) is 18.1 Å². The Morgan fingerprint density at radius 3 is 2.76 bits per heavy atom. The molecule has 3 aromatic rings. The quantitative estimate of drug-likeness (QED) is 0.690. The second kappa shape index (κ2) is 7.98. The van der Waals surface area contributed by atoms with Crippen molar-refractivity contribution in [2.24, 2.45) is 7.05 Å². The molecule has 128 valence electrons. The molecule has 0 radical (unpaired) electrons. The van der Waals surface area contributed by atoms with E-state index in [1.54, 1.807) is 22.6 Å². The molecule has 1 aromatic carbocycles. The van der Waals surface area contributed by atoms with E-state index in [-0.39, 0.29) is 5.91 Å². The van der Waals surface area contributed by atoms with Gasteiger partial charge < -0.3 is 5.32 Å². The zero-order valence-corrected chi connectivity index (χ0v) is 15.1. The van der Waals surface area contributed by atoms with Crippen molar-refractivity contribution in [1.29, 1.82) is 0 Å². The SMILES string of the molecule is CCSc1ccccc1C(=O)NCc1cc(-c2ccccn2)n(C)n1. The van der Waals surface area contributed by atoms with Crippen LogP contribution in [-0.2, 0) is 13.6 Å². The van der Waals surface area contributed by atoms with Crippen molar-refractivity contribution in [2.45, 2.75) is 18.4 Å². The Hall–Kier alpha value is -2.60. The number of amides is 1. The summed E-state index contributed by atoms with van der Waals surface area (Å²) in [4.78, 5) is 17.8. The molecule has 2 heterocycles. The maximum Gasteiger partial charge on any atom is 0.252 e. The summed E-state index contributed by atoms with van der Waals surface area (Å²) in [6.45, 7) is 2.46. The van der Waals surface area contributed by atoms with Crippen LogP contribution >= 0.6 is 11.8 Å². The van der Waals surface area contributed by atoms with E-state index in [2.05, 4.69) is 22.3 Å². The first-order valence-electron chi connectivity index (χ1n) is 8.13. The fraction of sp³-hybridized carbons (Fsp3) is 0.211. The topological polar surface area (TPSA) is 59.8 Å². The third-order valence-corrected chi connectivity index (χ3v) is 4.68. The van der Waals surface area contributed by atoms with Crippen molar-refractivity contribution in [3.05, 3.63) is 66.0 Å². The monoisotopic (exact) mass is 352 g/mol. The van der Waals surface area contributed by atoms with E-state index in [9.17, 15) is 4.79 Å². The Kier molecular flexibility index (Phi) is 5.50. The number of aromatic nitrogens is 3.